The molecule has 0 amide bonds. The molecular formula is C13H21N3O. The van der Waals surface area contributed by atoms with Gasteiger partial charge in [0.15, 0.2) is 0 Å². The zero-order valence-corrected chi connectivity index (χ0v) is 10.9. The first kappa shape index (κ1) is 12.3. The Morgan fingerprint density at radius 1 is 1.41 bits per heavy atom. The van der Waals surface area contributed by atoms with E-state index in [1.54, 1.807) is 0 Å². The smallest absolute Gasteiger partial charge is 0.132 e. The predicted molar refractivity (Wildman–Crippen MR) is 68.3 cm³/mol. The molecule has 1 aliphatic rings. The van der Waals surface area contributed by atoms with Crippen LogP contribution in [-0.2, 0) is 17.6 Å². The minimum Gasteiger partial charge on any atom is -0.381 e. The topological polar surface area (TPSA) is 47.0 Å². The van der Waals surface area contributed by atoms with Gasteiger partial charge in [-0.25, -0.2) is 9.97 Å². The molecule has 1 aromatic rings. The second-order valence-corrected chi connectivity index (χ2v) is 4.60. The van der Waals surface area contributed by atoms with Crippen molar-refractivity contribution in [3.63, 3.8) is 0 Å². The monoisotopic (exact) mass is 235 g/mol. The summed E-state index contributed by atoms with van der Waals surface area (Å²) in [5, 5.41) is 3.15. The third kappa shape index (κ3) is 2.75. The lowest BCUT2D eigenvalue weighted by molar-refractivity contribution is 0.185. The highest BCUT2D eigenvalue weighted by molar-refractivity contribution is 5.45. The number of nitrogens with one attached hydrogen (secondary N) is 1. The van der Waals surface area contributed by atoms with Crippen LogP contribution < -0.4 is 5.32 Å². The maximum Gasteiger partial charge on any atom is 0.132 e. The lowest BCUT2D eigenvalue weighted by atomic mass is 10.0. The molecule has 2 heterocycles. The Bertz CT molecular complexity index is 361. The Labute approximate surface area is 103 Å². The van der Waals surface area contributed by atoms with Crippen LogP contribution in [0.25, 0.3) is 0 Å². The molecule has 1 unspecified atom stereocenters. The summed E-state index contributed by atoms with van der Waals surface area (Å²) in [6.07, 6.45) is 3.02. The van der Waals surface area contributed by atoms with E-state index in [-0.39, 0.29) is 0 Å². The van der Waals surface area contributed by atoms with Gasteiger partial charge in [-0.1, -0.05) is 6.92 Å². The fourth-order valence-electron chi connectivity index (χ4n) is 2.30. The second-order valence-electron chi connectivity index (χ2n) is 4.60. The fraction of sp³-hybridized carbons (Fsp3) is 0.692. The first-order valence-corrected chi connectivity index (χ1v) is 6.36. The van der Waals surface area contributed by atoms with Crippen molar-refractivity contribution in [2.75, 3.05) is 25.6 Å². The van der Waals surface area contributed by atoms with E-state index >= 15 is 0 Å². The van der Waals surface area contributed by atoms with E-state index in [9.17, 15) is 0 Å². The third-order valence-electron chi connectivity index (χ3n) is 3.36. The van der Waals surface area contributed by atoms with Crippen molar-refractivity contribution in [3.05, 3.63) is 17.1 Å². The summed E-state index contributed by atoms with van der Waals surface area (Å²) in [5.74, 6) is 2.50. The minimum atomic E-state index is 0.590. The number of hydrogen-bond acceptors (Lipinski definition) is 4. The van der Waals surface area contributed by atoms with Gasteiger partial charge in [0.05, 0.1) is 0 Å². The normalized spacial score (nSPS) is 19.6. The molecule has 0 radical (unpaired) electrons. The Balaban J connectivity index is 2.21. The number of aryl methyl sites for hydroxylation is 1. The highest BCUT2D eigenvalue weighted by atomic mass is 16.5. The second kappa shape index (κ2) is 5.45. The van der Waals surface area contributed by atoms with Crippen LogP contribution in [0, 0.1) is 12.8 Å². The Morgan fingerprint density at radius 3 is 2.82 bits per heavy atom. The van der Waals surface area contributed by atoms with Gasteiger partial charge in [0.2, 0.25) is 0 Å². The first-order valence-electron chi connectivity index (χ1n) is 6.36. The van der Waals surface area contributed by atoms with E-state index in [0.29, 0.717) is 5.92 Å². The van der Waals surface area contributed by atoms with Crippen LogP contribution in [0.4, 0.5) is 5.82 Å². The average molecular weight is 235 g/mol. The molecular weight excluding hydrogens is 214 g/mol. The van der Waals surface area contributed by atoms with Crippen molar-refractivity contribution in [3.8, 4) is 0 Å². The number of rotatable bonds is 4. The molecule has 17 heavy (non-hydrogen) atoms. The van der Waals surface area contributed by atoms with Gasteiger partial charge < -0.3 is 10.1 Å². The maximum absolute atomic E-state index is 5.39. The molecule has 1 atom stereocenters. The van der Waals surface area contributed by atoms with Gasteiger partial charge in [0, 0.05) is 37.9 Å². The van der Waals surface area contributed by atoms with Crippen molar-refractivity contribution in [2.24, 2.45) is 5.92 Å². The third-order valence-corrected chi connectivity index (χ3v) is 3.36. The lowest BCUT2D eigenvalue weighted by Gasteiger charge is -2.12. The molecule has 1 N–H and O–H groups in total. The predicted octanol–water partition coefficient (Wildman–Crippen LogP) is 1.97. The van der Waals surface area contributed by atoms with Crippen LogP contribution in [-0.4, -0.2) is 30.2 Å². The number of ether oxygens (including phenoxy) is 1. The molecule has 0 aromatic carbocycles. The summed E-state index contributed by atoms with van der Waals surface area (Å²) in [5.41, 5.74) is 2.32. The van der Waals surface area contributed by atoms with Crippen LogP contribution >= 0.6 is 0 Å². The van der Waals surface area contributed by atoms with Gasteiger partial charge in [-0.2, -0.15) is 0 Å². The van der Waals surface area contributed by atoms with Crippen molar-refractivity contribution >= 4 is 5.82 Å². The van der Waals surface area contributed by atoms with Crippen LogP contribution in [0.15, 0.2) is 0 Å². The maximum atomic E-state index is 5.39. The zero-order chi connectivity index (χ0) is 12.3. The summed E-state index contributed by atoms with van der Waals surface area (Å²) in [6, 6.07) is 0. The van der Waals surface area contributed by atoms with Crippen molar-refractivity contribution in [1.29, 1.82) is 0 Å². The van der Waals surface area contributed by atoms with E-state index in [2.05, 4.69) is 29.1 Å². The van der Waals surface area contributed by atoms with Gasteiger partial charge >= 0.3 is 0 Å². The molecule has 0 aliphatic carbocycles. The molecule has 94 valence electrons. The van der Waals surface area contributed by atoms with E-state index in [1.807, 2.05) is 7.05 Å². The van der Waals surface area contributed by atoms with Gasteiger partial charge in [0.25, 0.3) is 0 Å². The molecule has 4 heteroatoms. The minimum absolute atomic E-state index is 0.590. The number of anilines is 1. The molecule has 1 aliphatic heterocycles. The van der Waals surface area contributed by atoms with Crippen molar-refractivity contribution < 1.29 is 4.74 Å². The van der Waals surface area contributed by atoms with Crippen LogP contribution in [0.5, 0.6) is 0 Å². The Hall–Kier alpha value is -1.16. The van der Waals surface area contributed by atoms with Crippen LogP contribution in [0.1, 0.15) is 30.4 Å². The summed E-state index contributed by atoms with van der Waals surface area (Å²) < 4.78 is 5.39. The Morgan fingerprint density at radius 2 is 2.24 bits per heavy atom. The summed E-state index contributed by atoms with van der Waals surface area (Å²) >= 11 is 0. The molecule has 4 nitrogen and oxygen atoms in total. The van der Waals surface area contributed by atoms with Crippen molar-refractivity contribution in [2.45, 2.75) is 33.1 Å². The molecule has 0 spiro atoms. The largest absolute Gasteiger partial charge is 0.381 e. The molecule has 2 rings (SSSR count). The van der Waals surface area contributed by atoms with Gasteiger partial charge in [-0.3, -0.25) is 0 Å². The van der Waals surface area contributed by atoms with E-state index < -0.39 is 0 Å². The SMILES string of the molecule is CCc1nc(CC2CCOC2)nc(NC)c1C. The first-order chi connectivity index (χ1) is 8.24. The van der Waals surface area contributed by atoms with Gasteiger partial charge in [0.1, 0.15) is 11.6 Å². The number of aromatic nitrogens is 2. The number of nitrogens with zero attached hydrogens (tertiary/aromatic N) is 2. The van der Waals surface area contributed by atoms with Crippen molar-refractivity contribution in [1.82, 2.24) is 9.97 Å². The molecule has 1 fully saturated rings. The van der Waals surface area contributed by atoms with E-state index in [0.717, 1.165) is 49.8 Å². The quantitative estimate of drug-likeness (QED) is 0.866. The standard InChI is InChI=1S/C13H21N3O/c1-4-11-9(2)13(14-3)16-12(15-11)7-10-5-6-17-8-10/h10H,4-8H2,1-3H3,(H,14,15,16). The summed E-state index contributed by atoms with van der Waals surface area (Å²) in [4.78, 5) is 9.24. The lowest BCUT2D eigenvalue weighted by Crippen LogP contribution is -2.11. The molecule has 0 bridgehead atoms. The van der Waals surface area contributed by atoms with Gasteiger partial charge in [-0.05, 0) is 25.7 Å². The molecule has 1 saturated heterocycles. The molecule has 0 saturated carbocycles. The van der Waals surface area contributed by atoms with Gasteiger partial charge in [-0.15, -0.1) is 0 Å². The summed E-state index contributed by atoms with van der Waals surface area (Å²) in [6.45, 7) is 5.95. The fourth-order valence-corrected chi connectivity index (χ4v) is 2.30. The van der Waals surface area contributed by atoms with Crippen LogP contribution in [0.3, 0.4) is 0 Å². The Kier molecular flexibility index (Phi) is 3.94. The highest BCUT2D eigenvalue weighted by Crippen LogP contribution is 2.20. The zero-order valence-electron chi connectivity index (χ0n) is 10.9. The summed E-state index contributed by atoms with van der Waals surface area (Å²) in [7, 11) is 1.91. The van der Waals surface area contributed by atoms with Crippen LogP contribution in [0.2, 0.25) is 0 Å². The van der Waals surface area contributed by atoms with E-state index in [4.69, 9.17) is 4.74 Å². The highest BCUT2D eigenvalue weighted by Gasteiger charge is 2.18. The van der Waals surface area contributed by atoms with E-state index in [1.165, 1.54) is 5.56 Å². The molecule has 1 aromatic heterocycles. The number of hydrogen-bond donors (Lipinski definition) is 1. The average Bonchev–Trinajstić information content (AvgIpc) is 2.84.